The van der Waals surface area contributed by atoms with E-state index in [0.29, 0.717) is 61.1 Å². The van der Waals surface area contributed by atoms with Crippen molar-refractivity contribution in [2.45, 2.75) is 82.5 Å². The second-order valence-electron chi connectivity index (χ2n) is 17.8. The van der Waals surface area contributed by atoms with Crippen LogP contribution in [0.25, 0.3) is 11.4 Å². The van der Waals surface area contributed by atoms with Gasteiger partial charge in [-0.1, -0.05) is 24.3 Å². The summed E-state index contributed by atoms with van der Waals surface area (Å²) < 4.78 is 17.3. The Morgan fingerprint density at radius 3 is 2.42 bits per heavy atom. The molecule has 5 amide bonds. The topological polar surface area (TPSA) is 222 Å². The SMILES string of the molecule is C[C@@H](NC(=O)c1cccc(NC2(c3nnc(-c4ccncc4)[nH]3)CCN(C)CC2)c1)c1ccc(OCCCCCOCCCOCC(=O)Nc2cccc3c2CN(C2CCC(=O)NC2=O)C3=O)cc1. The monoisotopic (exact) mass is 940 g/mol. The van der Waals surface area contributed by atoms with E-state index in [1.807, 2.05) is 67.6 Å². The van der Waals surface area contributed by atoms with E-state index in [9.17, 15) is 24.0 Å². The highest BCUT2D eigenvalue weighted by Crippen LogP contribution is 2.36. The molecule has 3 aliphatic rings. The van der Waals surface area contributed by atoms with Crippen LogP contribution in [0.5, 0.6) is 5.75 Å². The number of carbonyl (C=O) groups excluding carboxylic acids is 5. The zero-order valence-electron chi connectivity index (χ0n) is 39.1. The average Bonchev–Trinajstić information content (AvgIpc) is 3.99. The van der Waals surface area contributed by atoms with Crippen molar-refractivity contribution < 1.29 is 38.2 Å². The zero-order valence-corrected chi connectivity index (χ0v) is 39.1. The minimum atomic E-state index is -0.729. The number of aromatic amines is 1. The summed E-state index contributed by atoms with van der Waals surface area (Å²) in [5, 5.41) is 21.1. The quantitative estimate of drug-likeness (QED) is 0.0412. The Morgan fingerprint density at radius 1 is 0.870 bits per heavy atom. The number of hydrogen-bond acceptors (Lipinski definition) is 13. The number of carbonyl (C=O) groups is 5. The Hall–Kier alpha value is -7.02. The number of fused-ring (bicyclic) bond motifs is 1. The lowest BCUT2D eigenvalue weighted by Gasteiger charge is -2.40. The van der Waals surface area contributed by atoms with Crippen molar-refractivity contribution in [1.29, 1.82) is 0 Å². The summed E-state index contributed by atoms with van der Waals surface area (Å²) in [5.41, 5.74) is 4.34. The third-order valence-electron chi connectivity index (χ3n) is 12.8. The van der Waals surface area contributed by atoms with Crippen LogP contribution >= 0.6 is 0 Å². The molecule has 5 heterocycles. The number of nitrogens with zero attached hydrogens (tertiary/aromatic N) is 5. The van der Waals surface area contributed by atoms with Crippen molar-refractivity contribution in [3.05, 3.63) is 119 Å². The number of rotatable bonds is 22. The predicted molar refractivity (Wildman–Crippen MR) is 257 cm³/mol. The molecule has 2 saturated heterocycles. The van der Waals surface area contributed by atoms with Crippen LogP contribution in [0.1, 0.15) is 102 Å². The molecule has 8 rings (SSSR count). The molecule has 2 fully saturated rings. The number of benzene rings is 3. The number of unbranched alkanes of at least 4 members (excludes halogenated alkanes) is 2. The molecular weight excluding hydrogens is 881 g/mol. The van der Waals surface area contributed by atoms with E-state index < -0.39 is 17.5 Å². The van der Waals surface area contributed by atoms with Gasteiger partial charge >= 0.3 is 0 Å². The van der Waals surface area contributed by atoms with Gasteiger partial charge in [-0.05, 0) is 119 Å². The molecule has 1 unspecified atom stereocenters. The van der Waals surface area contributed by atoms with Gasteiger partial charge in [0, 0.05) is 91.9 Å². The molecule has 18 nitrogen and oxygen atoms in total. The fourth-order valence-corrected chi connectivity index (χ4v) is 8.86. The largest absolute Gasteiger partial charge is 0.494 e. The maximum absolute atomic E-state index is 13.5. The molecule has 18 heteroatoms. The first-order chi connectivity index (χ1) is 33.5. The van der Waals surface area contributed by atoms with Gasteiger partial charge in [0.2, 0.25) is 17.7 Å². The Kier molecular flexibility index (Phi) is 16.0. The van der Waals surface area contributed by atoms with Crippen molar-refractivity contribution in [1.82, 2.24) is 40.6 Å². The molecule has 5 N–H and O–H groups in total. The minimum Gasteiger partial charge on any atom is -0.494 e. The van der Waals surface area contributed by atoms with Crippen LogP contribution in [0, 0.1) is 0 Å². The lowest BCUT2D eigenvalue weighted by Crippen LogP contribution is -2.52. The molecule has 0 saturated carbocycles. The zero-order chi connectivity index (χ0) is 48.2. The molecular formula is C51H60N10O8. The summed E-state index contributed by atoms with van der Waals surface area (Å²) in [6.07, 6.45) is 8.87. The number of piperidine rings is 2. The first-order valence-corrected chi connectivity index (χ1v) is 23.7. The molecule has 2 atom stereocenters. The van der Waals surface area contributed by atoms with E-state index >= 15 is 0 Å². The molecule has 0 radical (unpaired) electrons. The number of aromatic nitrogens is 4. The van der Waals surface area contributed by atoms with E-state index in [1.165, 1.54) is 4.90 Å². The second kappa shape index (κ2) is 22.9. The van der Waals surface area contributed by atoms with Gasteiger partial charge in [-0.25, -0.2) is 0 Å². The van der Waals surface area contributed by atoms with E-state index in [-0.39, 0.29) is 55.7 Å². The van der Waals surface area contributed by atoms with Crippen LogP contribution in [-0.2, 0) is 35.9 Å². The van der Waals surface area contributed by atoms with Crippen LogP contribution in [0.3, 0.4) is 0 Å². The standard InChI is InChI=1S/C51H60N10O8/c1-34(53-47(64)37-9-6-10-38(31-37)57-51(21-25-60(2)26-22-51)50-56-46(58-59-50)36-19-23-52-24-20-36)35-13-15-39(16-14-35)69-30-5-3-4-27-67-28-8-29-68-33-45(63)54-42-12-7-11-40-41(42)32-61(49(40)66)43-17-18-44(62)55-48(43)65/h6-7,9-16,19-20,23-24,31,34,43,57H,3-5,8,17-18,21-22,25-30,32-33H2,1-2H3,(H,53,64)(H,54,63)(H,55,62,65)(H,56,58,59)/t34-,43?/m1/s1. The number of ether oxygens (including phenoxy) is 3. The highest BCUT2D eigenvalue weighted by atomic mass is 16.5. The molecule has 69 heavy (non-hydrogen) atoms. The van der Waals surface area contributed by atoms with Gasteiger partial charge in [0.25, 0.3) is 11.8 Å². The number of amides is 5. The number of H-pyrrole nitrogens is 1. The summed E-state index contributed by atoms with van der Waals surface area (Å²) in [7, 11) is 2.12. The molecule has 5 aromatic rings. The second-order valence-corrected chi connectivity index (χ2v) is 17.8. The Morgan fingerprint density at radius 2 is 1.62 bits per heavy atom. The molecule has 0 bridgehead atoms. The van der Waals surface area contributed by atoms with Crippen LogP contribution in [0.4, 0.5) is 11.4 Å². The molecule has 2 aromatic heterocycles. The highest BCUT2D eigenvalue weighted by molar-refractivity contribution is 6.07. The summed E-state index contributed by atoms with van der Waals surface area (Å²) in [5.74, 6) is 0.575. The van der Waals surface area contributed by atoms with E-state index in [0.717, 1.165) is 73.6 Å². The van der Waals surface area contributed by atoms with Crippen LogP contribution < -0.4 is 26.0 Å². The smallest absolute Gasteiger partial charge is 0.255 e. The van der Waals surface area contributed by atoms with Gasteiger partial charge in [0.15, 0.2) is 11.6 Å². The van der Waals surface area contributed by atoms with Gasteiger partial charge in [0.05, 0.1) is 18.2 Å². The molecule has 3 aromatic carbocycles. The third-order valence-corrected chi connectivity index (χ3v) is 12.8. The lowest BCUT2D eigenvalue weighted by atomic mass is 9.86. The fraction of sp³-hybridized carbons (Fsp3) is 0.412. The Labute approximate surface area is 401 Å². The number of imide groups is 1. The van der Waals surface area contributed by atoms with E-state index in [1.54, 1.807) is 30.6 Å². The molecule has 362 valence electrons. The predicted octanol–water partition coefficient (Wildman–Crippen LogP) is 5.76. The first-order valence-electron chi connectivity index (χ1n) is 23.7. The van der Waals surface area contributed by atoms with Crippen molar-refractivity contribution in [2.24, 2.45) is 0 Å². The summed E-state index contributed by atoms with van der Waals surface area (Å²) in [4.78, 5) is 74.5. The van der Waals surface area contributed by atoms with Gasteiger partial charge in [-0.15, -0.1) is 10.2 Å². The fourth-order valence-electron chi connectivity index (χ4n) is 8.86. The van der Waals surface area contributed by atoms with Gasteiger partial charge in [0.1, 0.15) is 18.4 Å². The number of nitrogens with one attached hydrogen (secondary N) is 5. The van der Waals surface area contributed by atoms with Crippen molar-refractivity contribution in [3.8, 4) is 17.1 Å². The van der Waals surface area contributed by atoms with E-state index in [2.05, 4.69) is 53.4 Å². The average molecular weight is 941 g/mol. The van der Waals surface area contributed by atoms with Gasteiger partial charge in [-0.2, -0.15) is 0 Å². The van der Waals surface area contributed by atoms with Crippen molar-refractivity contribution in [2.75, 3.05) is 63.8 Å². The summed E-state index contributed by atoms with van der Waals surface area (Å²) in [6.45, 7) is 5.80. The number of likely N-dealkylation sites (tertiary alicyclic amines) is 1. The maximum atomic E-state index is 13.5. The van der Waals surface area contributed by atoms with Crippen molar-refractivity contribution in [3.63, 3.8) is 0 Å². The van der Waals surface area contributed by atoms with Crippen LogP contribution in [0.2, 0.25) is 0 Å². The van der Waals surface area contributed by atoms with Crippen LogP contribution in [-0.4, -0.2) is 119 Å². The maximum Gasteiger partial charge on any atom is 0.255 e. The van der Waals surface area contributed by atoms with Gasteiger partial charge in [-0.3, -0.25) is 34.3 Å². The molecule has 0 aliphatic carbocycles. The lowest BCUT2D eigenvalue weighted by molar-refractivity contribution is -0.137. The van der Waals surface area contributed by atoms with Crippen molar-refractivity contribution >= 4 is 40.9 Å². The Balaban J connectivity index is 0.686. The highest BCUT2D eigenvalue weighted by Gasteiger charge is 2.41. The first kappa shape index (κ1) is 48.4. The van der Waals surface area contributed by atoms with E-state index in [4.69, 9.17) is 14.2 Å². The van der Waals surface area contributed by atoms with Gasteiger partial charge < -0.3 is 44.9 Å². The Bertz CT molecular complexity index is 2580. The molecule has 0 spiro atoms. The third kappa shape index (κ3) is 12.4. The number of pyridine rings is 1. The number of anilines is 2. The van der Waals surface area contributed by atoms with Crippen LogP contribution in [0.15, 0.2) is 91.3 Å². The minimum absolute atomic E-state index is 0.150. The summed E-state index contributed by atoms with van der Waals surface area (Å²) >= 11 is 0. The molecule has 3 aliphatic heterocycles. The normalized spacial score (nSPS) is 17.2. The summed E-state index contributed by atoms with van der Waals surface area (Å²) in [6, 6.07) is 23.3. The number of hydrogen-bond donors (Lipinski definition) is 5.